The Balaban J connectivity index is 1.66. The molecule has 0 aromatic carbocycles. The molecule has 0 radical (unpaired) electrons. The van der Waals surface area contributed by atoms with E-state index < -0.39 is 0 Å². The largest absolute Gasteiger partial charge is 0.295 e. The number of rotatable bonds is 1. The van der Waals surface area contributed by atoms with Crippen molar-refractivity contribution in [2.45, 2.75) is 79.6 Å². The van der Waals surface area contributed by atoms with Crippen molar-refractivity contribution in [1.82, 2.24) is 0 Å². The molecule has 0 bridgehead atoms. The number of carbonyl (C=O) groups is 1. The van der Waals surface area contributed by atoms with Crippen molar-refractivity contribution in [3.63, 3.8) is 0 Å². The van der Waals surface area contributed by atoms with Gasteiger partial charge in [0.25, 0.3) is 0 Å². The fourth-order valence-electron chi connectivity index (χ4n) is 7.36. The lowest BCUT2D eigenvalue weighted by molar-refractivity contribution is -0.116. The molecule has 0 aromatic heterocycles. The maximum atomic E-state index is 12.3. The van der Waals surface area contributed by atoms with Crippen molar-refractivity contribution < 1.29 is 4.79 Å². The first-order valence-corrected chi connectivity index (χ1v) is 10.4. The average Bonchev–Trinajstić information content (AvgIpc) is 3.25. The van der Waals surface area contributed by atoms with Gasteiger partial charge in [-0.1, -0.05) is 44.9 Å². The van der Waals surface area contributed by atoms with Gasteiger partial charge in [0, 0.05) is 11.8 Å². The molecule has 0 amide bonds. The van der Waals surface area contributed by atoms with Gasteiger partial charge in [0.05, 0.1) is 0 Å². The second-order valence-electron chi connectivity index (χ2n) is 10.3. The Kier molecular flexibility index (Phi) is 2.95. The molecule has 25 heavy (non-hydrogen) atoms. The lowest BCUT2D eigenvalue weighted by atomic mass is 9.54. The van der Waals surface area contributed by atoms with Gasteiger partial charge in [-0.2, -0.15) is 0 Å². The van der Waals surface area contributed by atoms with Crippen molar-refractivity contribution in [3.8, 4) is 0 Å². The Morgan fingerprint density at radius 1 is 1.04 bits per heavy atom. The van der Waals surface area contributed by atoms with E-state index in [2.05, 4.69) is 40.7 Å². The van der Waals surface area contributed by atoms with Crippen LogP contribution in [-0.2, 0) is 4.79 Å². The molecule has 5 rings (SSSR count). The SMILES string of the molecule is CC1=C2CCC3=C(CCC4(C)C3=CC3(C(C)C)CC43)C2(C)CCC1=O. The number of hydrogen-bond acceptors (Lipinski definition) is 1. The van der Waals surface area contributed by atoms with E-state index >= 15 is 0 Å². The van der Waals surface area contributed by atoms with Crippen LogP contribution < -0.4 is 0 Å². The molecular formula is C24H32O. The molecule has 1 fully saturated rings. The molecule has 0 heterocycles. The Morgan fingerprint density at radius 2 is 1.80 bits per heavy atom. The zero-order valence-corrected chi connectivity index (χ0v) is 16.6. The van der Waals surface area contributed by atoms with Crippen molar-refractivity contribution in [3.05, 3.63) is 33.9 Å². The summed E-state index contributed by atoms with van der Waals surface area (Å²) in [5, 5.41) is 0. The van der Waals surface area contributed by atoms with Crippen molar-refractivity contribution in [1.29, 1.82) is 0 Å². The third kappa shape index (κ3) is 1.73. The Labute approximate surface area is 152 Å². The van der Waals surface area contributed by atoms with Crippen LogP contribution in [0.5, 0.6) is 0 Å². The molecule has 0 N–H and O–H groups in total. The van der Waals surface area contributed by atoms with Gasteiger partial charge in [-0.15, -0.1) is 0 Å². The summed E-state index contributed by atoms with van der Waals surface area (Å²) < 4.78 is 0. The first-order valence-electron chi connectivity index (χ1n) is 10.4. The van der Waals surface area contributed by atoms with E-state index in [1.165, 1.54) is 31.3 Å². The van der Waals surface area contributed by atoms with Crippen LogP contribution in [0.1, 0.15) is 79.6 Å². The second kappa shape index (κ2) is 4.59. The standard InChI is InChI=1S/C24H32O/c1-14(2)24-12-19-16-6-7-17-15(3)20(25)9-11-22(17,4)18(16)8-10-23(19,5)21(24)13-24/h12,14,21H,6-11,13H2,1-5H3. The molecular weight excluding hydrogens is 304 g/mol. The third-order valence-corrected chi connectivity index (χ3v) is 9.18. The van der Waals surface area contributed by atoms with Crippen LogP contribution in [-0.4, -0.2) is 5.78 Å². The Morgan fingerprint density at radius 3 is 2.52 bits per heavy atom. The molecule has 1 heteroatoms. The van der Waals surface area contributed by atoms with Crippen molar-refractivity contribution >= 4 is 5.78 Å². The number of ketones is 1. The smallest absolute Gasteiger partial charge is 0.158 e. The molecule has 1 saturated carbocycles. The summed E-state index contributed by atoms with van der Waals surface area (Å²) in [6.07, 6.45) is 10.8. The van der Waals surface area contributed by atoms with Crippen molar-refractivity contribution in [2.75, 3.05) is 0 Å². The zero-order valence-electron chi connectivity index (χ0n) is 16.6. The minimum Gasteiger partial charge on any atom is -0.295 e. The number of hydrogen-bond donors (Lipinski definition) is 0. The molecule has 134 valence electrons. The van der Waals surface area contributed by atoms with Crippen LogP contribution >= 0.6 is 0 Å². The highest BCUT2D eigenvalue weighted by molar-refractivity contribution is 5.97. The van der Waals surface area contributed by atoms with Gasteiger partial charge in [-0.25, -0.2) is 0 Å². The number of carbonyl (C=O) groups excluding carboxylic acids is 1. The van der Waals surface area contributed by atoms with Crippen LogP contribution in [0, 0.1) is 28.1 Å². The van der Waals surface area contributed by atoms with Gasteiger partial charge < -0.3 is 0 Å². The minimum absolute atomic E-state index is 0.172. The van der Waals surface area contributed by atoms with Gasteiger partial charge in [-0.3, -0.25) is 4.79 Å². The molecule has 4 atom stereocenters. The number of Topliss-reactive ketones (excluding diaryl/α,β-unsaturated/α-hetero) is 1. The van der Waals surface area contributed by atoms with Gasteiger partial charge in [0.15, 0.2) is 5.78 Å². The van der Waals surface area contributed by atoms with E-state index in [-0.39, 0.29) is 5.41 Å². The summed E-state index contributed by atoms with van der Waals surface area (Å²) in [7, 11) is 0. The van der Waals surface area contributed by atoms with Gasteiger partial charge in [0.2, 0.25) is 0 Å². The predicted molar refractivity (Wildman–Crippen MR) is 102 cm³/mol. The van der Waals surface area contributed by atoms with Crippen LogP contribution in [0.4, 0.5) is 0 Å². The summed E-state index contributed by atoms with van der Waals surface area (Å²) in [6.45, 7) is 11.9. The minimum atomic E-state index is 0.172. The average molecular weight is 337 g/mol. The zero-order chi connectivity index (χ0) is 17.8. The van der Waals surface area contributed by atoms with Crippen LogP contribution in [0.25, 0.3) is 0 Å². The lowest BCUT2D eigenvalue weighted by Gasteiger charge is -2.49. The molecule has 5 aliphatic rings. The van der Waals surface area contributed by atoms with E-state index in [1.807, 2.05) is 0 Å². The van der Waals surface area contributed by atoms with E-state index in [1.54, 1.807) is 16.7 Å². The quantitative estimate of drug-likeness (QED) is 0.560. The highest BCUT2D eigenvalue weighted by Crippen LogP contribution is 2.77. The number of fused-ring (bicyclic) bond motifs is 6. The molecule has 0 saturated heterocycles. The maximum Gasteiger partial charge on any atom is 0.158 e. The molecule has 0 aromatic rings. The molecule has 1 nitrogen and oxygen atoms in total. The molecule has 4 unspecified atom stereocenters. The van der Waals surface area contributed by atoms with E-state index in [0.29, 0.717) is 16.6 Å². The highest BCUT2D eigenvalue weighted by Gasteiger charge is 2.68. The highest BCUT2D eigenvalue weighted by atomic mass is 16.1. The van der Waals surface area contributed by atoms with Crippen LogP contribution in [0.3, 0.4) is 0 Å². The number of allylic oxidation sites excluding steroid dienone is 6. The fourth-order valence-corrected chi connectivity index (χ4v) is 7.36. The van der Waals surface area contributed by atoms with E-state index in [0.717, 1.165) is 36.7 Å². The van der Waals surface area contributed by atoms with Crippen LogP contribution in [0.2, 0.25) is 0 Å². The van der Waals surface area contributed by atoms with Gasteiger partial charge >= 0.3 is 0 Å². The molecule has 0 spiro atoms. The lowest BCUT2D eigenvalue weighted by Crippen LogP contribution is -2.38. The van der Waals surface area contributed by atoms with Crippen LogP contribution in [0.15, 0.2) is 33.9 Å². The first-order chi connectivity index (χ1) is 11.7. The summed E-state index contributed by atoms with van der Waals surface area (Å²) in [5.74, 6) is 2.06. The van der Waals surface area contributed by atoms with Crippen molar-refractivity contribution in [2.24, 2.45) is 28.1 Å². The summed E-state index contributed by atoms with van der Waals surface area (Å²) in [4.78, 5) is 12.3. The normalized spacial score (nSPS) is 45.1. The molecule has 0 aliphatic heterocycles. The van der Waals surface area contributed by atoms with E-state index in [9.17, 15) is 4.79 Å². The van der Waals surface area contributed by atoms with Gasteiger partial charge in [0.1, 0.15) is 0 Å². The Bertz CT molecular complexity index is 791. The summed E-state index contributed by atoms with van der Waals surface area (Å²) in [5.41, 5.74) is 8.84. The third-order valence-electron chi connectivity index (χ3n) is 9.18. The molecule has 5 aliphatic carbocycles. The monoisotopic (exact) mass is 336 g/mol. The summed E-state index contributed by atoms with van der Waals surface area (Å²) in [6, 6.07) is 0. The van der Waals surface area contributed by atoms with E-state index in [4.69, 9.17) is 0 Å². The second-order valence-corrected chi connectivity index (χ2v) is 10.3. The Hall–Kier alpha value is -1.11. The predicted octanol–water partition coefficient (Wildman–Crippen LogP) is 6.16. The summed E-state index contributed by atoms with van der Waals surface area (Å²) >= 11 is 0. The maximum absolute atomic E-state index is 12.3. The first kappa shape index (κ1) is 16.1. The fraction of sp³-hybridized carbons (Fsp3) is 0.708. The van der Waals surface area contributed by atoms with Gasteiger partial charge in [-0.05, 0) is 84.8 Å². The topological polar surface area (TPSA) is 17.1 Å².